The van der Waals surface area contributed by atoms with Crippen molar-refractivity contribution >= 4 is 22.6 Å². The van der Waals surface area contributed by atoms with Gasteiger partial charge in [0.05, 0.1) is 0 Å². The highest BCUT2D eigenvalue weighted by Crippen LogP contribution is 2.18. The van der Waals surface area contributed by atoms with E-state index < -0.39 is 0 Å². The van der Waals surface area contributed by atoms with Gasteiger partial charge in [0.2, 0.25) is 0 Å². The van der Waals surface area contributed by atoms with Crippen LogP contribution in [0.1, 0.15) is 24.9 Å². The molecule has 0 heterocycles. The first-order chi connectivity index (χ1) is 6.09. The average Bonchev–Trinajstić information content (AvgIpc) is 2.04. The SMILES string of the molecule is C=C(C)CC(N)c1ccc(I)cc1. The molecule has 0 amide bonds. The second kappa shape index (κ2) is 4.77. The standard InChI is InChI=1S/C11H14IN/c1-8(2)7-11(13)9-3-5-10(12)6-4-9/h3-6,11H,1,7,13H2,2H3. The van der Waals surface area contributed by atoms with Crippen LogP contribution in [0, 0.1) is 3.57 Å². The second-order valence-corrected chi connectivity index (χ2v) is 4.56. The third-order valence-corrected chi connectivity index (χ3v) is 2.59. The molecule has 1 unspecified atom stereocenters. The molecule has 70 valence electrons. The lowest BCUT2D eigenvalue weighted by atomic mass is 10.0. The Morgan fingerprint density at radius 1 is 1.46 bits per heavy atom. The van der Waals surface area contributed by atoms with Gasteiger partial charge in [-0.1, -0.05) is 17.7 Å². The summed E-state index contributed by atoms with van der Waals surface area (Å²) in [6, 6.07) is 8.40. The number of halogens is 1. The Morgan fingerprint density at radius 3 is 2.46 bits per heavy atom. The number of rotatable bonds is 3. The lowest BCUT2D eigenvalue weighted by Gasteiger charge is -2.11. The molecule has 0 aromatic heterocycles. The zero-order chi connectivity index (χ0) is 9.84. The van der Waals surface area contributed by atoms with Crippen LogP contribution in [0.3, 0.4) is 0 Å². The van der Waals surface area contributed by atoms with Gasteiger partial charge in [-0.2, -0.15) is 0 Å². The molecule has 0 radical (unpaired) electrons. The highest BCUT2D eigenvalue weighted by atomic mass is 127. The van der Waals surface area contributed by atoms with E-state index in [2.05, 4.69) is 53.4 Å². The second-order valence-electron chi connectivity index (χ2n) is 3.32. The van der Waals surface area contributed by atoms with Crippen LogP contribution in [0.25, 0.3) is 0 Å². The van der Waals surface area contributed by atoms with Crippen LogP contribution in [0.5, 0.6) is 0 Å². The van der Waals surface area contributed by atoms with Crippen molar-refractivity contribution in [2.45, 2.75) is 19.4 Å². The summed E-state index contributed by atoms with van der Waals surface area (Å²) in [4.78, 5) is 0. The van der Waals surface area contributed by atoms with E-state index in [1.807, 2.05) is 6.92 Å². The zero-order valence-corrected chi connectivity index (χ0v) is 9.91. The monoisotopic (exact) mass is 287 g/mol. The molecule has 1 aromatic carbocycles. The first-order valence-electron chi connectivity index (χ1n) is 4.25. The molecule has 0 aliphatic carbocycles. The van der Waals surface area contributed by atoms with Crippen LogP contribution in [-0.4, -0.2) is 0 Å². The van der Waals surface area contributed by atoms with Gasteiger partial charge in [-0.05, 0) is 53.6 Å². The van der Waals surface area contributed by atoms with E-state index in [-0.39, 0.29) is 6.04 Å². The lowest BCUT2D eigenvalue weighted by Crippen LogP contribution is -2.10. The molecule has 0 aliphatic rings. The average molecular weight is 287 g/mol. The Bertz CT molecular complexity index is 289. The smallest absolute Gasteiger partial charge is 0.0332 e. The van der Waals surface area contributed by atoms with Gasteiger partial charge in [0, 0.05) is 9.61 Å². The molecule has 2 N–H and O–H groups in total. The maximum Gasteiger partial charge on any atom is 0.0332 e. The minimum absolute atomic E-state index is 0.0921. The first kappa shape index (κ1) is 10.7. The maximum atomic E-state index is 5.98. The molecule has 2 heteroatoms. The Kier molecular flexibility index (Phi) is 3.93. The van der Waals surface area contributed by atoms with Crippen molar-refractivity contribution in [3.05, 3.63) is 45.6 Å². The van der Waals surface area contributed by atoms with Crippen LogP contribution in [0.2, 0.25) is 0 Å². The van der Waals surface area contributed by atoms with Crippen molar-refractivity contribution in [3.63, 3.8) is 0 Å². The fraction of sp³-hybridized carbons (Fsp3) is 0.273. The third kappa shape index (κ3) is 3.48. The summed E-state index contributed by atoms with van der Waals surface area (Å²) >= 11 is 2.29. The van der Waals surface area contributed by atoms with Gasteiger partial charge in [0.1, 0.15) is 0 Å². The molecule has 0 bridgehead atoms. The number of hydrogen-bond acceptors (Lipinski definition) is 1. The Labute approximate surface area is 93.2 Å². The van der Waals surface area contributed by atoms with Gasteiger partial charge >= 0.3 is 0 Å². The molecule has 0 spiro atoms. The van der Waals surface area contributed by atoms with Crippen LogP contribution >= 0.6 is 22.6 Å². The van der Waals surface area contributed by atoms with Gasteiger partial charge in [-0.3, -0.25) is 0 Å². The topological polar surface area (TPSA) is 26.0 Å². The molecule has 0 saturated heterocycles. The van der Waals surface area contributed by atoms with Gasteiger partial charge < -0.3 is 5.73 Å². The summed E-state index contributed by atoms with van der Waals surface area (Å²) < 4.78 is 1.24. The van der Waals surface area contributed by atoms with Crippen LogP contribution in [0.4, 0.5) is 0 Å². The predicted octanol–water partition coefficient (Wildman–Crippen LogP) is 3.26. The third-order valence-electron chi connectivity index (χ3n) is 1.87. The fourth-order valence-electron chi connectivity index (χ4n) is 1.20. The summed E-state index contributed by atoms with van der Waals surface area (Å²) in [6.07, 6.45) is 0.862. The minimum Gasteiger partial charge on any atom is -0.324 e. The van der Waals surface area contributed by atoms with Crippen molar-refractivity contribution < 1.29 is 0 Å². The molecule has 0 fully saturated rings. The summed E-state index contributed by atoms with van der Waals surface area (Å²) in [5.41, 5.74) is 8.30. The molecule has 0 aliphatic heterocycles. The van der Waals surface area contributed by atoms with E-state index in [0.717, 1.165) is 12.0 Å². The molecule has 13 heavy (non-hydrogen) atoms. The molecule has 0 saturated carbocycles. The van der Waals surface area contributed by atoms with Crippen LogP contribution < -0.4 is 5.73 Å². The van der Waals surface area contributed by atoms with E-state index >= 15 is 0 Å². The van der Waals surface area contributed by atoms with E-state index in [4.69, 9.17) is 5.73 Å². The fourth-order valence-corrected chi connectivity index (χ4v) is 1.56. The number of benzene rings is 1. The van der Waals surface area contributed by atoms with Gasteiger partial charge in [0.25, 0.3) is 0 Å². The Morgan fingerprint density at radius 2 is 2.00 bits per heavy atom. The van der Waals surface area contributed by atoms with Crippen LogP contribution in [-0.2, 0) is 0 Å². The van der Waals surface area contributed by atoms with Crippen molar-refractivity contribution in [1.82, 2.24) is 0 Å². The van der Waals surface area contributed by atoms with Crippen molar-refractivity contribution in [1.29, 1.82) is 0 Å². The highest BCUT2D eigenvalue weighted by molar-refractivity contribution is 14.1. The number of hydrogen-bond donors (Lipinski definition) is 1. The van der Waals surface area contributed by atoms with E-state index in [0.29, 0.717) is 0 Å². The van der Waals surface area contributed by atoms with Crippen molar-refractivity contribution in [2.24, 2.45) is 5.73 Å². The molecule has 1 rings (SSSR count). The zero-order valence-electron chi connectivity index (χ0n) is 7.76. The molecular formula is C11H14IN. The normalized spacial score (nSPS) is 12.5. The molecule has 1 atom stereocenters. The Balaban J connectivity index is 2.71. The van der Waals surface area contributed by atoms with Gasteiger partial charge in [0.15, 0.2) is 0 Å². The lowest BCUT2D eigenvalue weighted by molar-refractivity contribution is 0.717. The largest absolute Gasteiger partial charge is 0.324 e. The van der Waals surface area contributed by atoms with Crippen molar-refractivity contribution in [2.75, 3.05) is 0 Å². The maximum absolute atomic E-state index is 5.98. The summed E-state index contributed by atoms with van der Waals surface area (Å²) in [5.74, 6) is 0. The first-order valence-corrected chi connectivity index (χ1v) is 5.33. The summed E-state index contributed by atoms with van der Waals surface area (Å²) in [7, 11) is 0. The van der Waals surface area contributed by atoms with Crippen molar-refractivity contribution in [3.8, 4) is 0 Å². The molecule has 1 aromatic rings. The molecular weight excluding hydrogens is 273 g/mol. The number of nitrogens with two attached hydrogens (primary N) is 1. The summed E-state index contributed by atoms with van der Waals surface area (Å²) in [6.45, 7) is 5.86. The van der Waals surface area contributed by atoms with Crippen LogP contribution in [0.15, 0.2) is 36.4 Å². The summed E-state index contributed by atoms with van der Waals surface area (Å²) in [5, 5.41) is 0. The highest BCUT2D eigenvalue weighted by Gasteiger charge is 2.04. The van der Waals surface area contributed by atoms with E-state index in [1.54, 1.807) is 0 Å². The predicted molar refractivity (Wildman–Crippen MR) is 65.5 cm³/mol. The Hall–Kier alpha value is -0.350. The molecule has 1 nitrogen and oxygen atoms in total. The van der Waals surface area contributed by atoms with E-state index in [9.17, 15) is 0 Å². The van der Waals surface area contributed by atoms with Gasteiger partial charge in [-0.15, -0.1) is 6.58 Å². The quantitative estimate of drug-likeness (QED) is 0.670. The van der Waals surface area contributed by atoms with Gasteiger partial charge in [-0.25, -0.2) is 0 Å². The minimum atomic E-state index is 0.0921. The van der Waals surface area contributed by atoms with E-state index in [1.165, 1.54) is 9.13 Å².